The van der Waals surface area contributed by atoms with E-state index in [9.17, 15) is 9.59 Å². The molecule has 0 aromatic heterocycles. The number of halogens is 1. The fraction of sp³-hybridized carbons (Fsp3) is 0.273. The number of carboxylic acids is 1. The van der Waals surface area contributed by atoms with Crippen LogP contribution in [0.25, 0.3) is 0 Å². The summed E-state index contributed by atoms with van der Waals surface area (Å²) in [5, 5.41) is 11.4. The van der Waals surface area contributed by atoms with Crippen molar-refractivity contribution in [3.05, 3.63) is 28.2 Å². The van der Waals surface area contributed by atoms with E-state index < -0.39 is 12.0 Å². The number of nitrogens with one attached hydrogen (secondary N) is 1. The molecule has 1 amide bonds. The van der Waals surface area contributed by atoms with Crippen molar-refractivity contribution in [3.8, 4) is 0 Å². The molecule has 0 unspecified atom stereocenters. The van der Waals surface area contributed by atoms with Gasteiger partial charge < -0.3 is 16.2 Å². The minimum Gasteiger partial charge on any atom is -0.478 e. The van der Waals surface area contributed by atoms with Crippen LogP contribution in [0.1, 0.15) is 23.7 Å². The van der Waals surface area contributed by atoms with E-state index in [-0.39, 0.29) is 11.5 Å². The Morgan fingerprint density at radius 1 is 1.53 bits per heavy atom. The number of hydrogen-bond donors (Lipinski definition) is 3. The number of carboxylic acid groups (broad SMARTS) is 1. The van der Waals surface area contributed by atoms with Crippen molar-refractivity contribution in [1.82, 2.24) is 0 Å². The molecule has 1 atom stereocenters. The zero-order valence-corrected chi connectivity index (χ0v) is 10.8. The Labute approximate surface area is 107 Å². The number of anilines is 1. The standard InChI is InChI=1S/C11H13BrN2O3/c1-2-8(13)10(15)14-9-5-6(11(16)17)3-4-7(9)12/h3-5,8H,2,13H2,1H3,(H,14,15)(H,16,17)/t8-/m0/s1. The molecule has 0 aliphatic heterocycles. The Morgan fingerprint density at radius 3 is 2.71 bits per heavy atom. The van der Waals surface area contributed by atoms with Crippen LogP contribution in [0.2, 0.25) is 0 Å². The number of rotatable bonds is 4. The molecule has 5 nitrogen and oxygen atoms in total. The van der Waals surface area contributed by atoms with Gasteiger partial charge in [0.15, 0.2) is 0 Å². The molecule has 0 heterocycles. The van der Waals surface area contributed by atoms with Crippen LogP contribution in [0.5, 0.6) is 0 Å². The third kappa shape index (κ3) is 3.54. The molecule has 0 aliphatic rings. The number of hydrogen-bond acceptors (Lipinski definition) is 3. The summed E-state index contributed by atoms with van der Waals surface area (Å²) in [7, 11) is 0. The minimum atomic E-state index is -1.05. The largest absolute Gasteiger partial charge is 0.478 e. The summed E-state index contributed by atoms with van der Waals surface area (Å²) in [6.45, 7) is 1.80. The average Bonchev–Trinajstić information content (AvgIpc) is 2.30. The van der Waals surface area contributed by atoms with Gasteiger partial charge in [0.25, 0.3) is 0 Å². The molecule has 0 saturated carbocycles. The molecule has 17 heavy (non-hydrogen) atoms. The van der Waals surface area contributed by atoms with Gasteiger partial charge in [-0.1, -0.05) is 6.92 Å². The number of benzene rings is 1. The van der Waals surface area contributed by atoms with E-state index in [0.29, 0.717) is 16.6 Å². The summed E-state index contributed by atoms with van der Waals surface area (Å²) in [6, 6.07) is 3.79. The summed E-state index contributed by atoms with van der Waals surface area (Å²) in [4.78, 5) is 22.4. The highest BCUT2D eigenvalue weighted by atomic mass is 79.9. The fourth-order valence-corrected chi connectivity index (χ4v) is 1.51. The molecule has 0 aliphatic carbocycles. The van der Waals surface area contributed by atoms with Crippen molar-refractivity contribution in [2.45, 2.75) is 19.4 Å². The fourth-order valence-electron chi connectivity index (χ4n) is 1.16. The zero-order valence-electron chi connectivity index (χ0n) is 9.24. The van der Waals surface area contributed by atoms with E-state index in [1.54, 1.807) is 13.0 Å². The van der Waals surface area contributed by atoms with Crippen LogP contribution in [0.4, 0.5) is 5.69 Å². The van der Waals surface area contributed by atoms with Crippen molar-refractivity contribution in [2.75, 3.05) is 5.32 Å². The van der Waals surface area contributed by atoms with Gasteiger partial charge in [0, 0.05) is 4.47 Å². The lowest BCUT2D eigenvalue weighted by atomic mass is 10.2. The van der Waals surface area contributed by atoms with Gasteiger partial charge >= 0.3 is 5.97 Å². The summed E-state index contributed by atoms with van der Waals surface area (Å²) >= 11 is 3.23. The second-order valence-electron chi connectivity index (χ2n) is 3.50. The highest BCUT2D eigenvalue weighted by Crippen LogP contribution is 2.23. The molecule has 4 N–H and O–H groups in total. The Bertz CT molecular complexity index is 448. The van der Waals surface area contributed by atoms with Crippen molar-refractivity contribution >= 4 is 33.5 Å². The highest BCUT2D eigenvalue weighted by Gasteiger charge is 2.14. The first-order valence-electron chi connectivity index (χ1n) is 5.05. The monoisotopic (exact) mass is 300 g/mol. The molecule has 0 radical (unpaired) electrons. The van der Waals surface area contributed by atoms with Crippen LogP contribution >= 0.6 is 15.9 Å². The van der Waals surface area contributed by atoms with E-state index >= 15 is 0 Å². The summed E-state index contributed by atoms with van der Waals surface area (Å²) in [6.07, 6.45) is 0.516. The molecular formula is C11H13BrN2O3. The predicted octanol–water partition coefficient (Wildman–Crippen LogP) is 1.82. The number of nitrogens with two attached hydrogens (primary N) is 1. The topological polar surface area (TPSA) is 92.4 Å². The summed E-state index contributed by atoms with van der Waals surface area (Å²) in [5.74, 6) is -1.39. The lowest BCUT2D eigenvalue weighted by Gasteiger charge is -2.11. The van der Waals surface area contributed by atoms with E-state index in [4.69, 9.17) is 10.8 Å². The predicted molar refractivity (Wildman–Crippen MR) is 68.0 cm³/mol. The van der Waals surface area contributed by atoms with E-state index in [0.717, 1.165) is 0 Å². The van der Waals surface area contributed by atoms with Crippen LogP contribution < -0.4 is 11.1 Å². The molecule has 1 rings (SSSR count). The van der Waals surface area contributed by atoms with Crippen LogP contribution in [0, 0.1) is 0 Å². The lowest BCUT2D eigenvalue weighted by Crippen LogP contribution is -2.34. The quantitative estimate of drug-likeness (QED) is 0.791. The maximum atomic E-state index is 11.6. The van der Waals surface area contributed by atoms with Crippen molar-refractivity contribution in [2.24, 2.45) is 5.73 Å². The Hall–Kier alpha value is -1.40. The van der Waals surface area contributed by atoms with Crippen LogP contribution in [0.15, 0.2) is 22.7 Å². The smallest absolute Gasteiger partial charge is 0.335 e. The third-order valence-electron chi connectivity index (χ3n) is 2.25. The second-order valence-corrected chi connectivity index (χ2v) is 4.36. The maximum absolute atomic E-state index is 11.6. The molecule has 0 bridgehead atoms. The number of carbonyl (C=O) groups excluding carboxylic acids is 1. The maximum Gasteiger partial charge on any atom is 0.335 e. The Morgan fingerprint density at radius 2 is 2.18 bits per heavy atom. The van der Waals surface area contributed by atoms with Gasteiger partial charge in [-0.15, -0.1) is 0 Å². The number of carbonyl (C=O) groups is 2. The van der Waals surface area contributed by atoms with Crippen LogP contribution in [0.3, 0.4) is 0 Å². The van der Waals surface area contributed by atoms with E-state index in [1.807, 2.05) is 0 Å². The van der Waals surface area contributed by atoms with Crippen molar-refractivity contribution in [1.29, 1.82) is 0 Å². The van der Waals surface area contributed by atoms with Crippen LogP contribution in [-0.4, -0.2) is 23.0 Å². The minimum absolute atomic E-state index is 0.105. The van der Waals surface area contributed by atoms with Gasteiger partial charge in [-0.2, -0.15) is 0 Å². The van der Waals surface area contributed by atoms with Crippen molar-refractivity contribution in [3.63, 3.8) is 0 Å². The molecule has 1 aromatic carbocycles. The molecule has 1 aromatic rings. The third-order valence-corrected chi connectivity index (χ3v) is 2.94. The van der Waals surface area contributed by atoms with Crippen molar-refractivity contribution < 1.29 is 14.7 Å². The second kappa shape index (κ2) is 5.79. The molecule has 0 spiro atoms. The van der Waals surface area contributed by atoms with Gasteiger partial charge in [0.1, 0.15) is 0 Å². The SMILES string of the molecule is CC[C@H](N)C(=O)Nc1cc(C(=O)O)ccc1Br. The average molecular weight is 301 g/mol. The molecule has 6 heteroatoms. The highest BCUT2D eigenvalue weighted by molar-refractivity contribution is 9.10. The first-order valence-corrected chi connectivity index (χ1v) is 5.84. The first-order chi connectivity index (χ1) is 7.95. The van der Waals surface area contributed by atoms with Gasteiger partial charge in [-0.3, -0.25) is 4.79 Å². The van der Waals surface area contributed by atoms with Gasteiger partial charge in [-0.25, -0.2) is 4.79 Å². The van der Waals surface area contributed by atoms with Gasteiger partial charge in [-0.05, 0) is 40.5 Å². The van der Waals surface area contributed by atoms with Gasteiger partial charge in [0.05, 0.1) is 17.3 Å². The Kier molecular flexibility index (Phi) is 4.65. The van der Waals surface area contributed by atoms with E-state index in [1.165, 1.54) is 12.1 Å². The number of aromatic carboxylic acids is 1. The molecular weight excluding hydrogens is 288 g/mol. The normalized spacial score (nSPS) is 11.9. The Balaban J connectivity index is 2.94. The summed E-state index contributed by atoms with van der Waals surface area (Å²) in [5.41, 5.74) is 6.08. The lowest BCUT2D eigenvalue weighted by molar-refractivity contribution is -0.117. The first kappa shape index (κ1) is 13.7. The number of amides is 1. The van der Waals surface area contributed by atoms with Crippen LogP contribution in [-0.2, 0) is 4.79 Å². The molecule has 92 valence electrons. The summed E-state index contributed by atoms with van der Waals surface area (Å²) < 4.78 is 0.610. The zero-order chi connectivity index (χ0) is 13.0. The van der Waals surface area contributed by atoms with E-state index in [2.05, 4.69) is 21.2 Å². The molecule has 0 saturated heterocycles. The van der Waals surface area contributed by atoms with Gasteiger partial charge in [0.2, 0.25) is 5.91 Å². The molecule has 0 fully saturated rings.